The van der Waals surface area contributed by atoms with E-state index in [4.69, 9.17) is 10.6 Å². The average molecular weight is 379 g/mol. The number of nitrogen functional groups attached to an aromatic ring is 1. The minimum absolute atomic E-state index is 0.544. The van der Waals surface area contributed by atoms with Crippen LogP contribution in [0.15, 0.2) is 66.0 Å². The minimum Gasteiger partial charge on any atom is -0.496 e. The zero-order chi connectivity index (χ0) is 18.6. The first-order valence-electron chi connectivity index (χ1n) is 8.19. The van der Waals surface area contributed by atoms with Crippen molar-refractivity contribution >= 4 is 11.8 Å². The molecule has 0 aliphatic rings. The normalized spacial score (nSPS) is 10.9. The van der Waals surface area contributed by atoms with E-state index in [1.807, 2.05) is 54.6 Å². The summed E-state index contributed by atoms with van der Waals surface area (Å²) >= 11 is 1.45. The molecule has 9 heteroatoms. The van der Waals surface area contributed by atoms with E-state index >= 15 is 0 Å². The largest absolute Gasteiger partial charge is 0.496 e. The van der Waals surface area contributed by atoms with Gasteiger partial charge in [-0.3, -0.25) is 0 Å². The highest BCUT2D eigenvalue weighted by Crippen LogP contribution is 2.30. The van der Waals surface area contributed by atoms with Gasteiger partial charge < -0.3 is 10.6 Å². The van der Waals surface area contributed by atoms with Gasteiger partial charge in [0.05, 0.1) is 30.3 Å². The number of methoxy groups -OCH3 is 1. The van der Waals surface area contributed by atoms with Crippen molar-refractivity contribution in [1.29, 1.82) is 0 Å². The van der Waals surface area contributed by atoms with Crippen LogP contribution in [0.2, 0.25) is 0 Å². The van der Waals surface area contributed by atoms with Crippen LogP contribution in [-0.4, -0.2) is 37.0 Å². The van der Waals surface area contributed by atoms with E-state index in [-0.39, 0.29) is 0 Å². The van der Waals surface area contributed by atoms with Crippen LogP contribution in [0.4, 0.5) is 0 Å². The lowest BCUT2D eigenvalue weighted by molar-refractivity contribution is 0.416. The molecule has 0 amide bonds. The fraction of sp³-hybridized carbons (Fsp3) is 0.111. The van der Waals surface area contributed by atoms with Gasteiger partial charge in [-0.2, -0.15) is 15.0 Å². The van der Waals surface area contributed by atoms with Crippen LogP contribution in [0, 0.1) is 0 Å². The molecule has 8 nitrogen and oxygen atoms in total. The number of ether oxygens (including phenoxy) is 1. The van der Waals surface area contributed by atoms with E-state index in [1.165, 1.54) is 16.4 Å². The molecule has 0 saturated heterocycles. The number of hydrogen-bond acceptors (Lipinski definition) is 7. The van der Waals surface area contributed by atoms with Gasteiger partial charge in [-0.25, -0.2) is 4.68 Å². The van der Waals surface area contributed by atoms with Crippen molar-refractivity contribution in [1.82, 2.24) is 29.9 Å². The Morgan fingerprint density at radius 1 is 1.04 bits per heavy atom. The molecule has 0 aliphatic heterocycles. The van der Waals surface area contributed by atoms with Gasteiger partial charge in [-0.1, -0.05) is 42.1 Å². The SMILES string of the molecule is COc1ccccc1-c1nnc(SCc2cnn(-c3ccccc3)n2)n1N. The van der Waals surface area contributed by atoms with E-state index in [0.717, 1.165) is 16.9 Å². The number of hydrogen-bond donors (Lipinski definition) is 1. The maximum Gasteiger partial charge on any atom is 0.210 e. The highest BCUT2D eigenvalue weighted by Gasteiger charge is 2.16. The predicted octanol–water partition coefficient (Wildman–Crippen LogP) is 2.54. The molecule has 4 rings (SSSR count). The Morgan fingerprint density at radius 3 is 2.63 bits per heavy atom. The van der Waals surface area contributed by atoms with Gasteiger partial charge in [0.15, 0.2) is 5.82 Å². The molecule has 0 spiro atoms. The molecule has 0 aliphatic carbocycles. The highest BCUT2D eigenvalue weighted by molar-refractivity contribution is 7.98. The summed E-state index contributed by atoms with van der Waals surface area (Å²) in [5.41, 5.74) is 2.52. The van der Waals surface area contributed by atoms with Crippen LogP contribution in [0.5, 0.6) is 5.75 Å². The van der Waals surface area contributed by atoms with Crippen LogP contribution < -0.4 is 10.6 Å². The molecule has 0 bridgehead atoms. The zero-order valence-electron chi connectivity index (χ0n) is 14.6. The molecule has 4 aromatic rings. The van der Waals surface area contributed by atoms with Gasteiger partial charge in [0.2, 0.25) is 5.16 Å². The van der Waals surface area contributed by atoms with Crippen LogP contribution in [0.3, 0.4) is 0 Å². The summed E-state index contributed by atoms with van der Waals surface area (Å²) in [6.45, 7) is 0. The first-order valence-corrected chi connectivity index (χ1v) is 9.18. The molecule has 0 radical (unpaired) electrons. The second kappa shape index (κ2) is 7.50. The molecule has 2 heterocycles. The molecule has 2 aromatic carbocycles. The Balaban J connectivity index is 1.50. The van der Waals surface area contributed by atoms with E-state index in [2.05, 4.69) is 20.4 Å². The summed E-state index contributed by atoms with van der Waals surface area (Å²) in [7, 11) is 1.61. The van der Waals surface area contributed by atoms with Crippen molar-refractivity contribution in [2.75, 3.05) is 13.0 Å². The third-order valence-electron chi connectivity index (χ3n) is 3.89. The maximum atomic E-state index is 6.19. The highest BCUT2D eigenvalue weighted by atomic mass is 32.2. The van der Waals surface area contributed by atoms with Crippen LogP contribution >= 0.6 is 11.8 Å². The fourth-order valence-corrected chi connectivity index (χ4v) is 3.31. The van der Waals surface area contributed by atoms with Crippen molar-refractivity contribution in [3.63, 3.8) is 0 Å². The van der Waals surface area contributed by atoms with Crippen LogP contribution in [-0.2, 0) is 5.75 Å². The molecule has 27 heavy (non-hydrogen) atoms. The molecule has 136 valence electrons. The second-order valence-electron chi connectivity index (χ2n) is 5.63. The summed E-state index contributed by atoms with van der Waals surface area (Å²) in [6, 6.07) is 17.3. The Kier molecular flexibility index (Phi) is 4.75. The van der Waals surface area contributed by atoms with Crippen molar-refractivity contribution in [2.24, 2.45) is 0 Å². The lowest BCUT2D eigenvalue weighted by Crippen LogP contribution is -2.12. The number of nitrogens with two attached hydrogens (primary N) is 1. The fourth-order valence-electron chi connectivity index (χ4n) is 2.57. The number of aromatic nitrogens is 6. The van der Waals surface area contributed by atoms with Crippen LogP contribution in [0.25, 0.3) is 17.1 Å². The van der Waals surface area contributed by atoms with Gasteiger partial charge in [0.25, 0.3) is 0 Å². The quantitative estimate of drug-likeness (QED) is 0.406. The zero-order valence-corrected chi connectivity index (χ0v) is 15.4. The van der Waals surface area contributed by atoms with Gasteiger partial charge in [0.1, 0.15) is 5.75 Å². The van der Waals surface area contributed by atoms with E-state index in [0.29, 0.717) is 22.5 Å². The monoisotopic (exact) mass is 379 g/mol. The van der Waals surface area contributed by atoms with Crippen molar-refractivity contribution < 1.29 is 4.74 Å². The maximum absolute atomic E-state index is 6.19. The van der Waals surface area contributed by atoms with Gasteiger partial charge >= 0.3 is 0 Å². The van der Waals surface area contributed by atoms with Gasteiger partial charge in [-0.05, 0) is 24.3 Å². The Hall–Kier alpha value is -3.33. The molecule has 2 aromatic heterocycles. The summed E-state index contributed by atoms with van der Waals surface area (Å²) in [6.07, 6.45) is 1.73. The van der Waals surface area contributed by atoms with Crippen molar-refractivity contribution in [2.45, 2.75) is 10.9 Å². The number of nitrogens with zero attached hydrogens (tertiary/aromatic N) is 6. The first kappa shape index (κ1) is 17.1. The third kappa shape index (κ3) is 3.49. The molecular weight excluding hydrogens is 362 g/mol. The second-order valence-corrected chi connectivity index (χ2v) is 6.57. The summed E-state index contributed by atoms with van der Waals surface area (Å²) < 4.78 is 6.84. The molecule has 0 atom stereocenters. The number of para-hydroxylation sites is 2. The molecule has 0 fully saturated rings. The van der Waals surface area contributed by atoms with Gasteiger partial charge in [0, 0.05) is 5.75 Å². The number of thioether (sulfide) groups is 1. The van der Waals surface area contributed by atoms with Gasteiger partial charge in [-0.15, -0.1) is 10.2 Å². The third-order valence-corrected chi connectivity index (χ3v) is 4.86. The smallest absolute Gasteiger partial charge is 0.210 e. The Labute approximate surface area is 160 Å². The molecule has 0 saturated carbocycles. The summed E-state index contributed by atoms with van der Waals surface area (Å²) in [5, 5.41) is 17.8. The Morgan fingerprint density at radius 2 is 1.81 bits per heavy atom. The topological polar surface area (TPSA) is 96.7 Å². The lowest BCUT2D eigenvalue weighted by Gasteiger charge is -2.07. The first-order chi connectivity index (χ1) is 13.3. The molecule has 2 N–H and O–H groups in total. The standard InChI is InChI=1S/C18H17N7OS/c1-26-16-10-6-5-9-15(16)17-21-22-18(24(17)19)27-12-13-11-20-25(23-13)14-7-3-2-4-8-14/h2-11H,12,19H2,1H3. The summed E-state index contributed by atoms with van der Waals surface area (Å²) in [5.74, 6) is 8.01. The van der Waals surface area contributed by atoms with Crippen molar-refractivity contribution in [3.05, 3.63) is 66.5 Å². The minimum atomic E-state index is 0.544. The van der Waals surface area contributed by atoms with E-state index in [9.17, 15) is 0 Å². The van der Waals surface area contributed by atoms with E-state index < -0.39 is 0 Å². The van der Waals surface area contributed by atoms with E-state index in [1.54, 1.807) is 18.1 Å². The van der Waals surface area contributed by atoms with Crippen LogP contribution in [0.1, 0.15) is 5.69 Å². The summed E-state index contributed by atoms with van der Waals surface area (Å²) in [4.78, 5) is 1.60. The average Bonchev–Trinajstić information content (AvgIpc) is 3.34. The lowest BCUT2D eigenvalue weighted by atomic mass is 10.2. The number of benzene rings is 2. The molecule has 0 unspecified atom stereocenters. The number of rotatable bonds is 6. The predicted molar refractivity (Wildman–Crippen MR) is 103 cm³/mol. The Bertz CT molecular complexity index is 1040. The van der Waals surface area contributed by atoms with Crippen molar-refractivity contribution in [3.8, 4) is 22.8 Å². The molecular formula is C18H17N7OS.